The number of amides is 2. The fourth-order valence-electron chi connectivity index (χ4n) is 2.13. The van der Waals surface area contributed by atoms with Crippen molar-refractivity contribution in [1.29, 1.82) is 0 Å². The highest BCUT2D eigenvalue weighted by Crippen LogP contribution is 2.25. The van der Waals surface area contributed by atoms with Crippen LogP contribution in [0.5, 0.6) is 0 Å². The van der Waals surface area contributed by atoms with E-state index in [-0.39, 0.29) is 24.4 Å². The van der Waals surface area contributed by atoms with Gasteiger partial charge in [0, 0.05) is 22.3 Å². The number of nitrogens with one attached hydrogen (secondary N) is 3. The van der Waals surface area contributed by atoms with Gasteiger partial charge < -0.3 is 16.0 Å². The van der Waals surface area contributed by atoms with Crippen molar-refractivity contribution in [2.75, 3.05) is 17.2 Å². The summed E-state index contributed by atoms with van der Waals surface area (Å²) in [5.74, 6) is -0.368. The average molecular weight is 394 g/mol. The summed E-state index contributed by atoms with van der Waals surface area (Å²) in [5, 5.41) is 9.60. The van der Waals surface area contributed by atoms with Crippen molar-refractivity contribution in [3.05, 3.63) is 58.1 Å². The molecule has 0 aliphatic rings. The van der Waals surface area contributed by atoms with Crippen LogP contribution in [0.1, 0.15) is 30.6 Å². The summed E-state index contributed by atoms with van der Waals surface area (Å²) in [4.78, 5) is 24.1. The zero-order chi connectivity index (χ0) is 19.1. The largest absolute Gasteiger partial charge is 0.375 e. The van der Waals surface area contributed by atoms with Crippen LogP contribution in [0.4, 0.5) is 11.4 Å². The van der Waals surface area contributed by atoms with Crippen LogP contribution in [0.3, 0.4) is 0 Å². The van der Waals surface area contributed by atoms with E-state index in [1.807, 2.05) is 13.8 Å². The van der Waals surface area contributed by atoms with Crippen LogP contribution in [0.15, 0.2) is 42.5 Å². The molecule has 0 saturated carbocycles. The van der Waals surface area contributed by atoms with Crippen LogP contribution >= 0.6 is 23.2 Å². The molecule has 7 heteroatoms. The minimum absolute atomic E-state index is 0.0380. The van der Waals surface area contributed by atoms with Gasteiger partial charge in [-0.1, -0.05) is 30.1 Å². The molecule has 5 nitrogen and oxygen atoms in total. The van der Waals surface area contributed by atoms with Gasteiger partial charge in [0.25, 0.3) is 5.91 Å². The molecule has 0 radical (unpaired) electrons. The highest BCUT2D eigenvalue weighted by Gasteiger charge is 2.09. The summed E-state index contributed by atoms with van der Waals surface area (Å²) >= 11 is 12.0. The van der Waals surface area contributed by atoms with E-state index in [4.69, 9.17) is 23.2 Å². The third kappa shape index (κ3) is 5.93. The van der Waals surface area contributed by atoms with Gasteiger partial charge in [0.2, 0.25) is 5.91 Å². The van der Waals surface area contributed by atoms with Crippen molar-refractivity contribution in [3.63, 3.8) is 0 Å². The lowest BCUT2D eigenvalue weighted by Crippen LogP contribution is -2.31. The maximum absolute atomic E-state index is 12.1. The first-order valence-corrected chi connectivity index (χ1v) is 9.04. The molecule has 0 heterocycles. The number of hydrogen-bond acceptors (Lipinski definition) is 3. The summed E-state index contributed by atoms with van der Waals surface area (Å²) in [6.45, 7) is 4.00. The van der Waals surface area contributed by atoms with E-state index < -0.39 is 0 Å². The molecule has 0 aliphatic heterocycles. The topological polar surface area (TPSA) is 70.2 Å². The molecular weight excluding hydrogens is 373 g/mol. The van der Waals surface area contributed by atoms with E-state index in [1.54, 1.807) is 42.5 Å². The van der Waals surface area contributed by atoms with Crippen LogP contribution in [-0.2, 0) is 4.79 Å². The standard InChI is InChI=1S/C19H21Cl2N3O2/c1-3-12(2)23-19(26)13-4-7-15(8-5-13)24-18(25)11-22-17-10-14(20)6-9-16(17)21/h4-10,12,22H,3,11H2,1-2H3,(H,23,26)(H,24,25). The van der Waals surface area contributed by atoms with E-state index >= 15 is 0 Å². The fourth-order valence-corrected chi connectivity index (χ4v) is 2.48. The second-order valence-electron chi connectivity index (χ2n) is 5.89. The van der Waals surface area contributed by atoms with Gasteiger partial charge in [-0.05, 0) is 55.8 Å². The highest BCUT2D eigenvalue weighted by atomic mass is 35.5. The third-order valence-electron chi connectivity index (χ3n) is 3.79. The molecule has 26 heavy (non-hydrogen) atoms. The highest BCUT2D eigenvalue weighted by molar-refractivity contribution is 6.35. The van der Waals surface area contributed by atoms with Crippen molar-refractivity contribution in [2.45, 2.75) is 26.3 Å². The van der Waals surface area contributed by atoms with Crippen molar-refractivity contribution >= 4 is 46.4 Å². The van der Waals surface area contributed by atoms with Gasteiger partial charge in [-0.15, -0.1) is 0 Å². The lowest BCUT2D eigenvalue weighted by molar-refractivity contribution is -0.114. The predicted molar refractivity (Wildman–Crippen MR) is 107 cm³/mol. The zero-order valence-corrected chi connectivity index (χ0v) is 16.1. The molecule has 0 fully saturated rings. The first-order chi connectivity index (χ1) is 12.4. The lowest BCUT2D eigenvalue weighted by Gasteiger charge is -2.12. The SMILES string of the molecule is CCC(C)NC(=O)c1ccc(NC(=O)CNc2cc(Cl)ccc2Cl)cc1. The quantitative estimate of drug-likeness (QED) is 0.644. The van der Waals surface area contributed by atoms with Crippen molar-refractivity contribution in [2.24, 2.45) is 0 Å². The number of halogens is 2. The summed E-state index contributed by atoms with van der Waals surface area (Å²) in [7, 11) is 0. The molecule has 0 bridgehead atoms. The molecule has 2 aromatic rings. The van der Waals surface area contributed by atoms with E-state index in [1.165, 1.54) is 0 Å². The number of carbonyl (C=O) groups excluding carboxylic acids is 2. The Balaban J connectivity index is 1.89. The van der Waals surface area contributed by atoms with Crippen LogP contribution in [0.25, 0.3) is 0 Å². The van der Waals surface area contributed by atoms with Crippen molar-refractivity contribution < 1.29 is 9.59 Å². The van der Waals surface area contributed by atoms with Gasteiger partial charge >= 0.3 is 0 Å². The Kier molecular flexibility index (Phi) is 7.30. The first kappa shape index (κ1) is 20.1. The van der Waals surface area contributed by atoms with Gasteiger partial charge in [0.05, 0.1) is 17.3 Å². The third-order valence-corrected chi connectivity index (χ3v) is 4.35. The monoisotopic (exact) mass is 393 g/mol. The number of rotatable bonds is 7. The number of carbonyl (C=O) groups is 2. The molecule has 2 amide bonds. The van der Waals surface area contributed by atoms with Gasteiger partial charge in [-0.2, -0.15) is 0 Å². The number of anilines is 2. The molecule has 0 aromatic heterocycles. The van der Waals surface area contributed by atoms with Crippen LogP contribution in [0.2, 0.25) is 10.0 Å². The molecule has 0 aliphatic carbocycles. The maximum Gasteiger partial charge on any atom is 0.251 e. The predicted octanol–water partition coefficient (Wildman–Crippen LogP) is 4.57. The summed E-state index contributed by atoms with van der Waals surface area (Å²) in [5.41, 5.74) is 1.74. The zero-order valence-electron chi connectivity index (χ0n) is 14.6. The lowest BCUT2D eigenvalue weighted by atomic mass is 10.1. The molecule has 2 aromatic carbocycles. The summed E-state index contributed by atoms with van der Waals surface area (Å²) < 4.78 is 0. The Morgan fingerprint density at radius 1 is 1.08 bits per heavy atom. The summed E-state index contributed by atoms with van der Waals surface area (Å²) in [6, 6.07) is 11.8. The second-order valence-corrected chi connectivity index (χ2v) is 6.73. The minimum Gasteiger partial charge on any atom is -0.375 e. The van der Waals surface area contributed by atoms with Gasteiger partial charge in [0.15, 0.2) is 0 Å². The average Bonchev–Trinajstić information content (AvgIpc) is 2.62. The first-order valence-electron chi connectivity index (χ1n) is 8.28. The van der Waals surface area contributed by atoms with E-state index in [2.05, 4.69) is 16.0 Å². The molecule has 1 atom stereocenters. The fraction of sp³-hybridized carbons (Fsp3) is 0.263. The Morgan fingerprint density at radius 3 is 2.42 bits per heavy atom. The normalized spacial score (nSPS) is 11.5. The Bertz CT molecular complexity index is 779. The van der Waals surface area contributed by atoms with Crippen LogP contribution in [-0.4, -0.2) is 24.4 Å². The second kappa shape index (κ2) is 9.46. The molecule has 3 N–H and O–H groups in total. The molecule has 1 unspecified atom stereocenters. The van der Waals surface area contributed by atoms with Crippen molar-refractivity contribution in [3.8, 4) is 0 Å². The van der Waals surface area contributed by atoms with Gasteiger partial charge in [-0.3, -0.25) is 9.59 Å². The van der Waals surface area contributed by atoms with Gasteiger partial charge in [0.1, 0.15) is 0 Å². The molecular formula is C19H21Cl2N3O2. The van der Waals surface area contributed by atoms with Crippen LogP contribution < -0.4 is 16.0 Å². The Morgan fingerprint density at radius 2 is 1.77 bits per heavy atom. The Hall–Kier alpha value is -2.24. The smallest absolute Gasteiger partial charge is 0.251 e. The van der Waals surface area contributed by atoms with Crippen molar-refractivity contribution in [1.82, 2.24) is 5.32 Å². The molecule has 0 spiro atoms. The minimum atomic E-state index is -0.238. The number of hydrogen-bond donors (Lipinski definition) is 3. The van der Waals surface area contributed by atoms with E-state index in [9.17, 15) is 9.59 Å². The molecule has 2 rings (SSSR count). The molecule has 0 saturated heterocycles. The van der Waals surface area contributed by atoms with E-state index in [0.29, 0.717) is 27.0 Å². The van der Waals surface area contributed by atoms with Gasteiger partial charge in [-0.25, -0.2) is 0 Å². The number of benzene rings is 2. The Labute approximate surface area is 163 Å². The maximum atomic E-state index is 12.1. The van der Waals surface area contributed by atoms with Crippen LogP contribution in [0, 0.1) is 0 Å². The van der Waals surface area contributed by atoms with E-state index in [0.717, 1.165) is 6.42 Å². The summed E-state index contributed by atoms with van der Waals surface area (Å²) in [6.07, 6.45) is 0.865. The molecule has 138 valence electrons.